The fourth-order valence-corrected chi connectivity index (χ4v) is 2.57. The summed E-state index contributed by atoms with van der Waals surface area (Å²) in [6, 6.07) is 2.41. The second-order valence-electron chi connectivity index (χ2n) is 6.55. The highest BCUT2D eigenvalue weighted by atomic mass is 14.6. The molecule has 1 atom stereocenters. The van der Waals surface area contributed by atoms with Gasteiger partial charge < -0.3 is 5.73 Å². The predicted molar refractivity (Wildman–Crippen MR) is 76.4 cm³/mol. The van der Waals surface area contributed by atoms with Crippen molar-refractivity contribution in [1.29, 1.82) is 0 Å². The van der Waals surface area contributed by atoms with Crippen LogP contribution in [0.15, 0.2) is 6.07 Å². The maximum Gasteiger partial charge on any atom is 0.0305 e. The average molecular weight is 233 g/mol. The number of rotatable bonds is 2. The van der Waals surface area contributed by atoms with E-state index in [0.717, 1.165) is 6.42 Å². The Hall–Kier alpha value is -0.820. The van der Waals surface area contributed by atoms with Gasteiger partial charge in [0.1, 0.15) is 0 Å². The Balaban J connectivity index is 3.21. The second kappa shape index (κ2) is 4.81. The summed E-state index contributed by atoms with van der Waals surface area (Å²) in [4.78, 5) is 0. The summed E-state index contributed by atoms with van der Waals surface area (Å²) in [5.41, 5.74) is 13.5. The van der Waals surface area contributed by atoms with Crippen LogP contribution in [-0.4, -0.2) is 0 Å². The minimum Gasteiger partial charge on any atom is -0.324 e. The van der Waals surface area contributed by atoms with Gasteiger partial charge >= 0.3 is 0 Å². The highest BCUT2D eigenvalue weighted by Crippen LogP contribution is 2.33. The largest absolute Gasteiger partial charge is 0.324 e. The molecule has 0 fully saturated rings. The fraction of sp³-hybridized carbons (Fsp3) is 0.625. The first-order valence-electron chi connectivity index (χ1n) is 6.46. The molecule has 0 heterocycles. The lowest BCUT2D eigenvalue weighted by atomic mass is 9.81. The van der Waals surface area contributed by atoms with E-state index in [2.05, 4.69) is 54.5 Å². The molecule has 1 heteroatoms. The molecule has 1 aromatic carbocycles. The zero-order chi connectivity index (χ0) is 13.4. The van der Waals surface area contributed by atoms with Crippen molar-refractivity contribution in [3.8, 4) is 0 Å². The molecule has 0 aliphatic heterocycles. The molecule has 0 amide bonds. The summed E-state index contributed by atoms with van der Waals surface area (Å²) in [6.07, 6.45) is 1.03. The first kappa shape index (κ1) is 14.2. The van der Waals surface area contributed by atoms with Gasteiger partial charge in [0.15, 0.2) is 0 Å². The van der Waals surface area contributed by atoms with Crippen LogP contribution in [0.4, 0.5) is 0 Å². The van der Waals surface area contributed by atoms with E-state index < -0.39 is 0 Å². The molecule has 2 N–H and O–H groups in total. The van der Waals surface area contributed by atoms with Crippen LogP contribution in [0.5, 0.6) is 0 Å². The van der Waals surface area contributed by atoms with E-state index in [9.17, 15) is 0 Å². The van der Waals surface area contributed by atoms with Crippen molar-refractivity contribution >= 4 is 0 Å². The van der Waals surface area contributed by atoms with E-state index in [1.54, 1.807) is 0 Å². The van der Waals surface area contributed by atoms with Crippen LogP contribution in [0.2, 0.25) is 0 Å². The summed E-state index contributed by atoms with van der Waals surface area (Å²) >= 11 is 0. The number of hydrogen-bond acceptors (Lipinski definition) is 1. The smallest absolute Gasteiger partial charge is 0.0305 e. The second-order valence-corrected chi connectivity index (χ2v) is 6.55. The molecule has 0 aliphatic rings. The molecule has 96 valence electrons. The quantitative estimate of drug-likeness (QED) is 0.807. The third kappa shape index (κ3) is 3.32. The average Bonchev–Trinajstić information content (AvgIpc) is 2.12. The highest BCUT2D eigenvalue weighted by Gasteiger charge is 2.21. The minimum atomic E-state index is 0.147. The van der Waals surface area contributed by atoms with Gasteiger partial charge in [-0.25, -0.2) is 0 Å². The van der Waals surface area contributed by atoms with Gasteiger partial charge in [0.2, 0.25) is 0 Å². The summed E-state index contributed by atoms with van der Waals surface area (Å²) in [6.45, 7) is 15.5. The van der Waals surface area contributed by atoms with Gasteiger partial charge in [-0.05, 0) is 67.3 Å². The number of benzene rings is 1. The van der Waals surface area contributed by atoms with Crippen molar-refractivity contribution in [2.24, 2.45) is 11.1 Å². The van der Waals surface area contributed by atoms with E-state index in [0.29, 0.717) is 0 Å². The Morgan fingerprint density at radius 1 is 1.00 bits per heavy atom. The molecule has 1 aromatic rings. The van der Waals surface area contributed by atoms with Gasteiger partial charge in [-0.1, -0.05) is 26.8 Å². The third-order valence-corrected chi connectivity index (χ3v) is 3.63. The van der Waals surface area contributed by atoms with E-state index in [-0.39, 0.29) is 11.5 Å². The molecule has 0 spiro atoms. The Kier molecular flexibility index (Phi) is 4.03. The molecule has 0 bridgehead atoms. The molecular formula is C16H27N. The summed E-state index contributed by atoms with van der Waals surface area (Å²) < 4.78 is 0. The number of aryl methyl sites for hydroxylation is 2. The third-order valence-electron chi connectivity index (χ3n) is 3.63. The zero-order valence-corrected chi connectivity index (χ0v) is 12.4. The molecule has 1 rings (SSSR count). The van der Waals surface area contributed by atoms with Crippen molar-refractivity contribution in [3.05, 3.63) is 33.9 Å². The van der Waals surface area contributed by atoms with Crippen molar-refractivity contribution < 1.29 is 0 Å². The monoisotopic (exact) mass is 233 g/mol. The first-order valence-corrected chi connectivity index (χ1v) is 6.46. The Bertz CT molecular complexity index is 384. The highest BCUT2D eigenvalue weighted by molar-refractivity contribution is 5.45. The maximum atomic E-state index is 6.42. The topological polar surface area (TPSA) is 26.0 Å². The molecule has 1 unspecified atom stereocenters. The normalized spacial score (nSPS) is 13.9. The van der Waals surface area contributed by atoms with Gasteiger partial charge in [0.05, 0.1) is 0 Å². The van der Waals surface area contributed by atoms with Crippen molar-refractivity contribution in [2.75, 3.05) is 0 Å². The van der Waals surface area contributed by atoms with Crippen molar-refractivity contribution in [3.63, 3.8) is 0 Å². The van der Waals surface area contributed by atoms with Crippen LogP contribution >= 0.6 is 0 Å². The lowest BCUT2D eigenvalue weighted by Gasteiger charge is -2.27. The molecule has 0 aromatic heterocycles. The van der Waals surface area contributed by atoms with Crippen molar-refractivity contribution in [2.45, 2.75) is 60.9 Å². The van der Waals surface area contributed by atoms with Gasteiger partial charge in [-0.2, -0.15) is 0 Å². The number of hydrogen-bond donors (Lipinski definition) is 1. The van der Waals surface area contributed by atoms with Crippen LogP contribution in [0.25, 0.3) is 0 Å². The van der Waals surface area contributed by atoms with Gasteiger partial charge in [-0.3, -0.25) is 0 Å². The predicted octanol–water partition coefficient (Wildman–Crippen LogP) is 4.36. The van der Waals surface area contributed by atoms with Crippen LogP contribution in [0.3, 0.4) is 0 Å². The molecule has 0 aliphatic carbocycles. The molecular weight excluding hydrogens is 206 g/mol. The number of nitrogens with two attached hydrogens (primary N) is 1. The van der Waals surface area contributed by atoms with Crippen LogP contribution in [0, 0.1) is 33.1 Å². The van der Waals surface area contributed by atoms with E-state index in [1.165, 1.54) is 27.8 Å². The van der Waals surface area contributed by atoms with Gasteiger partial charge in [-0.15, -0.1) is 0 Å². The first-order chi connectivity index (χ1) is 7.63. The Labute approximate surface area is 106 Å². The lowest BCUT2D eigenvalue weighted by molar-refractivity contribution is 0.342. The fourth-order valence-electron chi connectivity index (χ4n) is 2.57. The Morgan fingerprint density at radius 2 is 1.41 bits per heavy atom. The Morgan fingerprint density at radius 3 is 1.76 bits per heavy atom. The van der Waals surface area contributed by atoms with E-state index in [4.69, 9.17) is 5.73 Å². The molecule has 17 heavy (non-hydrogen) atoms. The van der Waals surface area contributed by atoms with Crippen molar-refractivity contribution in [1.82, 2.24) is 0 Å². The summed E-state index contributed by atoms with van der Waals surface area (Å²) in [7, 11) is 0. The van der Waals surface area contributed by atoms with Crippen LogP contribution in [0.1, 0.15) is 61.1 Å². The molecule has 0 saturated heterocycles. The SMILES string of the molecule is Cc1cc(C)c(C)c(C(N)CC(C)(C)C)c1C. The summed E-state index contributed by atoms with van der Waals surface area (Å²) in [5, 5.41) is 0. The zero-order valence-electron chi connectivity index (χ0n) is 12.4. The maximum absolute atomic E-state index is 6.42. The molecule has 1 nitrogen and oxygen atoms in total. The standard InChI is InChI=1S/C16H27N/c1-10-8-11(2)13(4)15(12(10)3)14(17)9-16(5,6)7/h8,14H,9,17H2,1-7H3. The molecule has 0 saturated carbocycles. The van der Waals surface area contributed by atoms with E-state index >= 15 is 0 Å². The molecule has 0 radical (unpaired) electrons. The van der Waals surface area contributed by atoms with E-state index in [1.807, 2.05) is 0 Å². The van der Waals surface area contributed by atoms with Crippen LogP contribution < -0.4 is 5.73 Å². The summed E-state index contributed by atoms with van der Waals surface area (Å²) in [5.74, 6) is 0. The van der Waals surface area contributed by atoms with Crippen LogP contribution in [-0.2, 0) is 0 Å². The van der Waals surface area contributed by atoms with Gasteiger partial charge in [0.25, 0.3) is 0 Å². The minimum absolute atomic E-state index is 0.147. The lowest BCUT2D eigenvalue weighted by Crippen LogP contribution is -2.21. The van der Waals surface area contributed by atoms with Gasteiger partial charge in [0, 0.05) is 6.04 Å².